The lowest BCUT2D eigenvalue weighted by Crippen LogP contribution is -2.22. The summed E-state index contributed by atoms with van der Waals surface area (Å²) < 4.78 is 5.99. The second-order valence-electron chi connectivity index (χ2n) is 5.09. The van der Waals surface area contributed by atoms with Gasteiger partial charge in [0.2, 0.25) is 0 Å². The third-order valence-electron chi connectivity index (χ3n) is 3.49. The molecule has 0 aliphatic rings. The number of rotatable bonds is 2. The van der Waals surface area contributed by atoms with Crippen molar-refractivity contribution in [2.75, 3.05) is 12.4 Å². The molecule has 1 heterocycles. The van der Waals surface area contributed by atoms with Crippen LogP contribution in [0.25, 0.3) is 10.9 Å². The molecule has 0 saturated carbocycles. The largest absolute Gasteiger partial charge is 0.465 e. The Balaban J connectivity index is 1.94. The first-order chi connectivity index (χ1) is 11.1. The maximum atomic E-state index is 12.5. The number of benzene rings is 2. The first-order valence-electron chi connectivity index (χ1n) is 7.03. The fraction of sp³-hybridized carbons (Fsp3) is 0.118. The van der Waals surface area contributed by atoms with E-state index in [0.717, 1.165) is 10.9 Å². The Hall–Kier alpha value is -3.15. The maximum Gasteiger partial charge on any atom is 0.347 e. The number of methoxy groups -OCH3 is 1. The number of ether oxygens (including phenoxy) is 1. The summed E-state index contributed by atoms with van der Waals surface area (Å²) in [6.07, 6.45) is 1.63. The van der Waals surface area contributed by atoms with Crippen molar-refractivity contribution in [3.05, 3.63) is 59.8 Å². The normalized spacial score (nSPS) is 10.5. The van der Waals surface area contributed by atoms with Crippen molar-refractivity contribution in [1.82, 2.24) is 9.78 Å². The van der Waals surface area contributed by atoms with Gasteiger partial charge in [-0.15, -0.1) is 0 Å². The van der Waals surface area contributed by atoms with Gasteiger partial charge in [0.05, 0.1) is 30.1 Å². The van der Waals surface area contributed by atoms with E-state index >= 15 is 0 Å². The number of carbonyl (C=O) groups excluding carboxylic acids is 2. The highest BCUT2D eigenvalue weighted by molar-refractivity contribution is 6.03. The van der Waals surface area contributed by atoms with E-state index in [2.05, 4.69) is 10.4 Å². The van der Waals surface area contributed by atoms with E-state index < -0.39 is 12.0 Å². The minimum absolute atomic E-state index is 0.288. The molecule has 1 N–H and O–H groups in total. The van der Waals surface area contributed by atoms with Crippen LogP contribution in [0.1, 0.15) is 15.9 Å². The van der Waals surface area contributed by atoms with E-state index in [0.29, 0.717) is 11.2 Å². The summed E-state index contributed by atoms with van der Waals surface area (Å²) in [4.78, 5) is 24.2. The molecule has 3 rings (SSSR count). The molecule has 0 aliphatic carbocycles. The number of aryl methyl sites for hydroxylation is 1. The molecular weight excluding hydrogens is 294 g/mol. The molecule has 0 atom stereocenters. The Bertz CT molecular complexity index is 899. The van der Waals surface area contributed by atoms with Crippen LogP contribution in [0.3, 0.4) is 0 Å². The van der Waals surface area contributed by atoms with Crippen LogP contribution in [-0.2, 0) is 4.74 Å². The first kappa shape index (κ1) is 14.8. The van der Waals surface area contributed by atoms with E-state index in [1.54, 1.807) is 30.5 Å². The molecule has 1 amide bonds. The minimum atomic E-state index is -0.512. The lowest BCUT2D eigenvalue weighted by atomic mass is 10.2. The first-order valence-corrected chi connectivity index (χ1v) is 7.03. The molecule has 2 aromatic carbocycles. The monoisotopic (exact) mass is 309 g/mol. The van der Waals surface area contributed by atoms with E-state index in [-0.39, 0.29) is 5.56 Å². The standard InChI is InChI=1S/C17H15N3O3/c1-11-7-8-15-12(9-11)10-18-20(15)17(22)19-14-6-4-3-5-13(14)16(21)23-2/h3-10H,1-2H3,(H,19,22). The third kappa shape index (κ3) is 2.78. The van der Waals surface area contributed by atoms with Crippen LogP contribution in [-0.4, -0.2) is 28.9 Å². The number of nitrogens with one attached hydrogen (secondary N) is 1. The summed E-state index contributed by atoms with van der Waals surface area (Å²) in [6, 6.07) is 11.9. The quantitative estimate of drug-likeness (QED) is 0.738. The van der Waals surface area contributed by atoms with Gasteiger partial charge in [-0.05, 0) is 31.2 Å². The van der Waals surface area contributed by atoms with Crippen molar-refractivity contribution in [2.45, 2.75) is 6.92 Å². The molecule has 3 aromatic rings. The highest BCUT2D eigenvalue weighted by Gasteiger charge is 2.16. The van der Waals surface area contributed by atoms with Crippen LogP contribution >= 0.6 is 0 Å². The number of esters is 1. The number of nitrogens with zero attached hydrogens (tertiary/aromatic N) is 2. The molecule has 0 bridgehead atoms. The number of fused-ring (bicyclic) bond motifs is 1. The predicted octanol–water partition coefficient (Wildman–Crippen LogP) is 3.21. The topological polar surface area (TPSA) is 73.2 Å². The third-order valence-corrected chi connectivity index (χ3v) is 3.49. The number of carbonyl (C=O) groups is 2. The number of anilines is 1. The second-order valence-corrected chi connectivity index (χ2v) is 5.09. The predicted molar refractivity (Wildman–Crippen MR) is 86.7 cm³/mol. The fourth-order valence-electron chi connectivity index (χ4n) is 2.36. The van der Waals surface area contributed by atoms with Crippen LogP contribution in [0.2, 0.25) is 0 Å². The molecular formula is C17H15N3O3. The molecule has 0 spiro atoms. The highest BCUT2D eigenvalue weighted by Crippen LogP contribution is 2.19. The van der Waals surface area contributed by atoms with Crippen molar-refractivity contribution in [1.29, 1.82) is 0 Å². The van der Waals surface area contributed by atoms with Crippen molar-refractivity contribution in [3.8, 4) is 0 Å². The van der Waals surface area contributed by atoms with Crippen LogP contribution in [0, 0.1) is 6.92 Å². The average Bonchev–Trinajstić information content (AvgIpc) is 2.97. The molecule has 0 unspecified atom stereocenters. The smallest absolute Gasteiger partial charge is 0.347 e. The summed E-state index contributed by atoms with van der Waals surface area (Å²) in [5.41, 5.74) is 2.45. The fourth-order valence-corrected chi connectivity index (χ4v) is 2.36. The number of hydrogen-bond donors (Lipinski definition) is 1. The van der Waals surface area contributed by atoms with E-state index in [1.165, 1.54) is 11.8 Å². The highest BCUT2D eigenvalue weighted by atomic mass is 16.5. The number of para-hydroxylation sites is 1. The van der Waals surface area contributed by atoms with Gasteiger partial charge in [-0.3, -0.25) is 0 Å². The molecule has 1 aromatic heterocycles. The van der Waals surface area contributed by atoms with Gasteiger partial charge in [-0.2, -0.15) is 9.78 Å². The van der Waals surface area contributed by atoms with Crippen molar-refractivity contribution < 1.29 is 14.3 Å². The second kappa shape index (κ2) is 5.92. The number of amides is 1. The average molecular weight is 309 g/mol. The zero-order chi connectivity index (χ0) is 16.4. The number of hydrogen-bond acceptors (Lipinski definition) is 4. The molecule has 0 radical (unpaired) electrons. The van der Waals surface area contributed by atoms with E-state index in [1.807, 2.05) is 25.1 Å². The van der Waals surface area contributed by atoms with Gasteiger partial charge in [0.1, 0.15) is 0 Å². The molecule has 23 heavy (non-hydrogen) atoms. The lowest BCUT2D eigenvalue weighted by Gasteiger charge is -2.09. The van der Waals surface area contributed by atoms with E-state index in [9.17, 15) is 9.59 Å². The lowest BCUT2D eigenvalue weighted by molar-refractivity contribution is 0.0602. The van der Waals surface area contributed by atoms with Crippen LogP contribution in [0.5, 0.6) is 0 Å². The zero-order valence-electron chi connectivity index (χ0n) is 12.7. The van der Waals surface area contributed by atoms with Crippen LogP contribution in [0.15, 0.2) is 48.7 Å². The van der Waals surface area contributed by atoms with Gasteiger partial charge in [0.15, 0.2) is 0 Å². The Morgan fingerprint density at radius 3 is 2.74 bits per heavy atom. The Morgan fingerprint density at radius 1 is 1.17 bits per heavy atom. The van der Waals surface area contributed by atoms with Gasteiger partial charge in [0.25, 0.3) is 0 Å². The van der Waals surface area contributed by atoms with Gasteiger partial charge in [-0.25, -0.2) is 9.59 Å². The molecule has 116 valence electrons. The summed E-state index contributed by atoms with van der Waals surface area (Å²) in [7, 11) is 1.30. The summed E-state index contributed by atoms with van der Waals surface area (Å²) in [5, 5.41) is 7.69. The maximum absolute atomic E-state index is 12.5. The summed E-state index contributed by atoms with van der Waals surface area (Å²) in [6.45, 7) is 1.98. The molecule has 0 saturated heterocycles. The van der Waals surface area contributed by atoms with Gasteiger partial charge in [0, 0.05) is 5.39 Å². The molecule has 0 fully saturated rings. The van der Waals surface area contributed by atoms with Crippen molar-refractivity contribution in [2.24, 2.45) is 0 Å². The number of aromatic nitrogens is 2. The summed E-state index contributed by atoms with van der Waals surface area (Å²) in [5.74, 6) is -0.512. The molecule has 6 heteroatoms. The van der Waals surface area contributed by atoms with Crippen molar-refractivity contribution >= 4 is 28.6 Å². The van der Waals surface area contributed by atoms with Gasteiger partial charge < -0.3 is 10.1 Å². The SMILES string of the molecule is COC(=O)c1ccccc1NC(=O)n1ncc2cc(C)ccc21. The van der Waals surface area contributed by atoms with E-state index in [4.69, 9.17) is 4.74 Å². The van der Waals surface area contributed by atoms with Gasteiger partial charge in [-0.1, -0.05) is 23.8 Å². The van der Waals surface area contributed by atoms with Crippen LogP contribution < -0.4 is 5.32 Å². The Labute approximate surface area is 132 Å². The zero-order valence-corrected chi connectivity index (χ0v) is 12.7. The van der Waals surface area contributed by atoms with Gasteiger partial charge >= 0.3 is 12.0 Å². The minimum Gasteiger partial charge on any atom is -0.465 e. The van der Waals surface area contributed by atoms with Crippen LogP contribution in [0.4, 0.5) is 10.5 Å². The molecule has 6 nitrogen and oxygen atoms in total. The Morgan fingerprint density at radius 2 is 1.96 bits per heavy atom. The Kier molecular flexibility index (Phi) is 3.80. The molecule has 0 aliphatic heterocycles. The van der Waals surface area contributed by atoms with Crippen molar-refractivity contribution in [3.63, 3.8) is 0 Å². The summed E-state index contributed by atoms with van der Waals surface area (Å²) >= 11 is 0.